The molecule has 0 amide bonds. The fourth-order valence-electron chi connectivity index (χ4n) is 5.58. The van der Waals surface area contributed by atoms with Crippen LogP contribution in [0.3, 0.4) is 0 Å². The monoisotopic (exact) mass is 484 g/mol. The smallest absolute Gasteiger partial charge is 0.252 e. The first-order chi connectivity index (χ1) is 17.4. The summed E-state index contributed by atoms with van der Waals surface area (Å²) in [5.74, 6) is 1.15. The Morgan fingerprint density at radius 2 is 1.72 bits per heavy atom. The lowest BCUT2D eigenvalue weighted by Crippen LogP contribution is -2.35. The van der Waals surface area contributed by atoms with Gasteiger partial charge in [-0.15, -0.1) is 5.10 Å². The molecule has 1 saturated carbocycles. The molecular formula is C29H36N6O. The number of pyridine rings is 1. The Kier molecular flexibility index (Phi) is 7.01. The first kappa shape index (κ1) is 24.4. The second-order valence-corrected chi connectivity index (χ2v) is 10.7. The molecule has 0 radical (unpaired) electrons. The number of benzene rings is 2. The highest BCUT2D eigenvalue weighted by molar-refractivity contribution is 5.79. The molecule has 2 aromatic heterocycles. The van der Waals surface area contributed by atoms with Crippen LogP contribution in [-0.2, 0) is 13.1 Å². The normalized spacial score (nSPS) is 15.4. The Morgan fingerprint density at radius 1 is 1.00 bits per heavy atom. The van der Waals surface area contributed by atoms with Crippen molar-refractivity contribution in [1.29, 1.82) is 0 Å². The zero-order valence-electron chi connectivity index (χ0n) is 21.7. The Labute approximate surface area is 212 Å². The molecule has 1 aliphatic rings. The maximum absolute atomic E-state index is 13.2. The third kappa shape index (κ3) is 5.12. The van der Waals surface area contributed by atoms with Crippen molar-refractivity contribution in [2.45, 2.75) is 78.6 Å². The Morgan fingerprint density at radius 3 is 2.44 bits per heavy atom. The summed E-state index contributed by atoms with van der Waals surface area (Å²) in [7, 11) is 0. The van der Waals surface area contributed by atoms with Crippen molar-refractivity contribution in [3.63, 3.8) is 0 Å². The molecule has 0 saturated heterocycles. The molecule has 7 nitrogen and oxygen atoms in total. The minimum absolute atomic E-state index is 0.0329. The fourth-order valence-corrected chi connectivity index (χ4v) is 5.58. The predicted molar refractivity (Wildman–Crippen MR) is 143 cm³/mol. The SMILES string of the molecule is Cc1ccc(CN(Cc2cc3cc(C)ccc3[nH]c2=O)[C@H](c2nnnn2C2CCCC2)C(C)C)cc1. The van der Waals surface area contributed by atoms with Gasteiger partial charge in [0.15, 0.2) is 5.82 Å². The van der Waals surface area contributed by atoms with Crippen molar-refractivity contribution >= 4 is 10.9 Å². The largest absolute Gasteiger partial charge is 0.322 e. The zero-order valence-corrected chi connectivity index (χ0v) is 21.7. The van der Waals surface area contributed by atoms with Gasteiger partial charge in [0.05, 0.1) is 12.1 Å². The molecular weight excluding hydrogens is 448 g/mol. The van der Waals surface area contributed by atoms with E-state index in [1.54, 1.807) is 0 Å². The van der Waals surface area contributed by atoms with Crippen LogP contribution in [0.4, 0.5) is 0 Å². The predicted octanol–water partition coefficient (Wildman–Crippen LogP) is 5.65. The number of H-pyrrole nitrogens is 1. The molecule has 1 N–H and O–H groups in total. The molecule has 2 aromatic carbocycles. The number of aryl methyl sites for hydroxylation is 2. The molecule has 0 bridgehead atoms. The van der Waals surface area contributed by atoms with Crippen molar-refractivity contribution in [2.75, 3.05) is 0 Å². The molecule has 0 unspecified atom stereocenters. The van der Waals surface area contributed by atoms with E-state index in [4.69, 9.17) is 0 Å². The second-order valence-electron chi connectivity index (χ2n) is 10.7. The van der Waals surface area contributed by atoms with Crippen LogP contribution in [0.25, 0.3) is 10.9 Å². The van der Waals surface area contributed by atoms with Crippen LogP contribution >= 0.6 is 0 Å². The molecule has 5 rings (SSSR count). The number of hydrogen-bond acceptors (Lipinski definition) is 5. The first-order valence-corrected chi connectivity index (χ1v) is 13.1. The van der Waals surface area contributed by atoms with Gasteiger partial charge >= 0.3 is 0 Å². The van der Waals surface area contributed by atoms with Gasteiger partial charge in [0.25, 0.3) is 5.56 Å². The van der Waals surface area contributed by atoms with Crippen molar-refractivity contribution in [3.8, 4) is 0 Å². The van der Waals surface area contributed by atoms with Crippen LogP contribution in [-0.4, -0.2) is 30.1 Å². The molecule has 0 aliphatic heterocycles. The van der Waals surface area contributed by atoms with E-state index in [1.165, 1.54) is 29.5 Å². The van der Waals surface area contributed by atoms with E-state index in [0.717, 1.165) is 35.1 Å². The minimum Gasteiger partial charge on any atom is -0.322 e. The molecule has 7 heteroatoms. The number of nitrogens with zero attached hydrogens (tertiary/aromatic N) is 5. The van der Waals surface area contributed by atoms with Gasteiger partial charge in [0.1, 0.15) is 0 Å². The summed E-state index contributed by atoms with van der Waals surface area (Å²) in [6, 6.07) is 17.1. The number of aromatic amines is 1. The minimum atomic E-state index is -0.0434. The molecule has 188 valence electrons. The molecule has 1 fully saturated rings. The van der Waals surface area contributed by atoms with E-state index in [0.29, 0.717) is 19.1 Å². The van der Waals surface area contributed by atoms with Crippen LogP contribution in [0.5, 0.6) is 0 Å². The van der Waals surface area contributed by atoms with E-state index in [2.05, 4.69) is 88.1 Å². The molecule has 36 heavy (non-hydrogen) atoms. The van der Waals surface area contributed by atoms with E-state index >= 15 is 0 Å². The van der Waals surface area contributed by atoms with Crippen LogP contribution < -0.4 is 5.56 Å². The van der Waals surface area contributed by atoms with Crippen molar-refractivity contribution in [1.82, 2.24) is 30.1 Å². The van der Waals surface area contributed by atoms with Gasteiger partial charge < -0.3 is 4.98 Å². The van der Waals surface area contributed by atoms with E-state index in [9.17, 15) is 4.79 Å². The Bertz CT molecular complexity index is 1380. The molecule has 4 aromatic rings. The lowest BCUT2D eigenvalue weighted by atomic mass is 9.99. The summed E-state index contributed by atoms with van der Waals surface area (Å²) in [6.45, 7) is 9.82. The van der Waals surface area contributed by atoms with Gasteiger partial charge in [-0.05, 0) is 72.2 Å². The number of nitrogens with one attached hydrogen (secondary N) is 1. The second kappa shape index (κ2) is 10.3. The highest BCUT2D eigenvalue weighted by Gasteiger charge is 2.32. The van der Waals surface area contributed by atoms with Crippen LogP contribution in [0.2, 0.25) is 0 Å². The lowest BCUT2D eigenvalue weighted by molar-refractivity contribution is 0.123. The summed E-state index contributed by atoms with van der Waals surface area (Å²) in [5.41, 5.74) is 5.19. The topological polar surface area (TPSA) is 79.7 Å². The van der Waals surface area contributed by atoms with Gasteiger partial charge in [-0.25, -0.2) is 4.68 Å². The quantitative estimate of drug-likeness (QED) is 0.350. The lowest BCUT2D eigenvalue weighted by Gasteiger charge is -2.34. The van der Waals surface area contributed by atoms with Gasteiger partial charge in [-0.1, -0.05) is 68.1 Å². The number of tetrazole rings is 1. The zero-order chi connectivity index (χ0) is 25.2. The third-order valence-corrected chi connectivity index (χ3v) is 7.43. The standard InChI is InChI=1S/C29H36N6O/c1-19(2)27(28-31-32-33-35(28)25-7-5-6-8-25)34(17-22-12-9-20(3)10-13-22)18-24-16-23-15-21(4)11-14-26(23)30-29(24)36/h9-16,19,25,27H,5-8,17-18H2,1-4H3,(H,30,36)/t27-/m0/s1. The summed E-state index contributed by atoms with van der Waals surface area (Å²) in [4.78, 5) is 18.6. The Balaban J connectivity index is 1.56. The maximum Gasteiger partial charge on any atom is 0.252 e. The van der Waals surface area contributed by atoms with E-state index in [1.807, 2.05) is 18.2 Å². The molecule has 0 spiro atoms. The molecule has 2 heterocycles. The van der Waals surface area contributed by atoms with Gasteiger partial charge in [0, 0.05) is 24.2 Å². The van der Waals surface area contributed by atoms with Crippen LogP contribution in [0.15, 0.2) is 53.3 Å². The van der Waals surface area contributed by atoms with Crippen molar-refractivity contribution in [3.05, 3.63) is 87.0 Å². The molecule has 1 aliphatic carbocycles. The average molecular weight is 485 g/mol. The highest BCUT2D eigenvalue weighted by atomic mass is 16.1. The van der Waals surface area contributed by atoms with Gasteiger partial charge in [-0.3, -0.25) is 9.69 Å². The van der Waals surface area contributed by atoms with E-state index < -0.39 is 0 Å². The summed E-state index contributed by atoms with van der Waals surface area (Å²) in [5, 5.41) is 14.2. The summed E-state index contributed by atoms with van der Waals surface area (Å²) in [6.07, 6.45) is 4.67. The van der Waals surface area contributed by atoms with Crippen LogP contribution in [0.1, 0.15) is 79.7 Å². The van der Waals surface area contributed by atoms with Gasteiger partial charge in [-0.2, -0.15) is 0 Å². The summed E-state index contributed by atoms with van der Waals surface area (Å²) < 4.78 is 2.06. The average Bonchev–Trinajstić information content (AvgIpc) is 3.53. The van der Waals surface area contributed by atoms with Gasteiger partial charge in [0.2, 0.25) is 0 Å². The highest BCUT2D eigenvalue weighted by Crippen LogP contribution is 2.35. The van der Waals surface area contributed by atoms with Crippen LogP contribution in [0, 0.1) is 19.8 Å². The van der Waals surface area contributed by atoms with Crippen molar-refractivity contribution in [2.24, 2.45) is 5.92 Å². The van der Waals surface area contributed by atoms with E-state index in [-0.39, 0.29) is 17.5 Å². The molecule has 1 atom stereocenters. The Hall–Kier alpha value is -3.32. The summed E-state index contributed by atoms with van der Waals surface area (Å²) >= 11 is 0. The number of rotatable bonds is 8. The number of aromatic nitrogens is 5. The number of hydrogen-bond donors (Lipinski definition) is 1. The fraction of sp³-hybridized carbons (Fsp3) is 0.448. The number of fused-ring (bicyclic) bond motifs is 1. The maximum atomic E-state index is 13.2. The van der Waals surface area contributed by atoms with Crippen molar-refractivity contribution < 1.29 is 0 Å². The third-order valence-electron chi connectivity index (χ3n) is 7.43. The first-order valence-electron chi connectivity index (χ1n) is 13.1.